The van der Waals surface area contributed by atoms with Crippen LogP contribution in [0.15, 0.2) is 30.3 Å². The van der Waals surface area contributed by atoms with Gasteiger partial charge in [0.25, 0.3) is 0 Å². The lowest BCUT2D eigenvalue weighted by Gasteiger charge is -1.95. The summed E-state index contributed by atoms with van der Waals surface area (Å²) in [6.07, 6.45) is 0. The second-order valence-electron chi connectivity index (χ2n) is 8.78. The van der Waals surface area contributed by atoms with E-state index in [1.165, 1.54) is 70.8 Å². The Morgan fingerprint density at radius 1 is 0.471 bits per heavy atom. The van der Waals surface area contributed by atoms with Crippen molar-refractivity contribution in [3.63, 3.8) is 0 Å². The van der Waals surface area contributed by atoms with E-state index >= 15 is 0 Å². The van der Waals surface area contributed by atoms with Gasteiger partial charge in [0.15, 0.2) is 0 Å². The van der Waals surface area contributed by atoms with Crippen LogP contribution < -0.4 is 0 Å². The summed E-state index contributed by atoms with van der Waals surface area (Å²) in [4.78, 5) is 18.6. The van der Waals surface area contributed by atoms with Crippen LogP contribution in [0.2, 0.25) is 0 Å². The summed E-state index contributed by atoms with van der Waals surface area (Å²) in [7, 11) is 0. The van der Waals surface area contributed by atoms with Crippen LogP contribution in [0.25, 0.3) is 48.7 Å². The third-order valence-electron chi connectivity index (χ3n) is 5.87. The molecule has 0 aromatic carbocycles. The molecule has 6 aromatic rings. The summed E-state index contributed by atoms with van der Waals surface area (Å²) in [6.45, 7) is 13.3. The molecule has 0 radical (unpaired) electrons. The number of hydrogen-bond acceptors (Lipinski definition) is 7. The summed E-state index contributed by atoms with van der Waals surface area (Å²) in [6, 6.07) is 11.6. The zero-order valence-corrected chi connectivity index (χ0v) is 24.7. The van der Waals surface area contributed by atoms with Gasteiger partial charge in [0.05, 0.1) is 9.58 Å². The number of thiazole rings is 1. The molecule has 0 unspecified atom stereocenters. The van der Waals surface area contributed by atoms with Gasteiger partial charge in [-0.25, -0.2) is 4.98 Å². The van der Waals surface area contributed by atoms with E-state index in [9.17, 15) is 0 Å². The van der Waals surface area contributed by atoms with E-state index in [4.69, 9.17) is 4.98 Å². The quantitative estimate of drug-likeness (QED) is 0.211. The van der Waals surface area contributed by atoms with E-state index in [1.807, 2.05) is 68.0 Å². The third-order valence-corrected chi connectivity index (χ3v) is 13.5. The molecule has 0 atom stereocenters. The topological polar surface area (TPSA) is 12.9 Å². The molecule has 0 amide bonds. The predicted octanol–water partition coefficient (Wildman–Crippen LogP) is 11.1. The molecule has 1 nitrogen and oxygen atoms in total. The van der Waals surface area contributed by atoms with Crippen LogP contribution in [0.4, 0.5) is 0 Å². The van der Waals surface area contributed by atoms with Gasteiger partial charge in [-0.2, -0.15) is 0 Å². The van der Waals surface area contributed by atoms with Crippen molar-refractivity contribution in [2.45, 2.75) is 41.5 Å². The van der Waals surface area contributed by atoms with Gasteiger partial charge >= 0.3 is 0 Å². The average molecular weight is 554 g/mol. The van der Waals surface area contributed by atoms with Gasteiger partial charge in [-0.1, -0.05) is 0 Å². The van der Waals surface area contributed by atoms with Crippen LogP contribution >= 0.6 is 68.0 Å². The first kappa shape index (κ1) is 22.8. The van der Waals surface area contributed by atoms with Gasteiger partial charge in [-0.05, 0) is 94.1 Å². The number of aromatic nitrogens is 1. The van der Waals surface area contributed by atoms with E-state index in [0.717, 1.165) is 9.84 Å². The van der Waals surface area contributed by atoms with Gasteiger partial charge in [-0.3, -0.25) is 0 Å². The molecular weight excluding hydrogens is 531 g/mol. The maximum atomic E-state index is 5.09. The molecular formula is C27H23NS6. The smallest absolute Gasteiger partial charge is 0.135 e. The molecule has 0 spiro atoms. The molecule has 34 heavy (non-hydrogen) atoms. The van der Waals surface area contributed by atoms with Crippen LogP contribution in [0, 0.1) is 41.5 Å². The lowest BCUT2D eigenvalue weighted by atomic mass is 10.2. The molecule has 6 rings (SSSR count). The van der Waals surface area contributed by atoms with E-state index in [0.29, 0.717) is 0 Å². The van der Waals surface area contributed by atoms with E-state index in [2.05, 4.69) is 71.9 Å². The Balaban J connectivity index is 1.35. The highest BCUT2D eigenvalue weighted by molar-refractivity contribution is 7.33. The minimum atomic E-state index is 1.15. The molecule has 0 N–H and O–H groups in total. The van der Waals surface area contributed by atoms with Gasteiger partial charge < -0.3 is 0 Å². The van der Waals surface area contributed by atoms with Gasteiger partial charge in [0.1, 0.15) is 9.84 Å². The molecule has 7 heteroatoms. The lowest BCUT2D eigenvalue weighted by Crippen LogP contribution is -1.72. The second kappa shape index (κ2) is 8.50. The van der Waals surface area contributed by atoms with Gasteiger partial charge in [0.2, 0.25) is 0 Å². The number of hydrogen-bond donors (Lipinski definition) is 0. The maximum absolute atomic E-state index is 5.09. The van der Waals surface area contributed by atoms with E-state index in [-0.39, 0.29) is 0 Å². The molecule has 0 saturated heterocycles. The molecule has 0 aliphatic heterocycles. The molecule has 0 aliphatic rings. The first-order chi connectivity index (χ1) is 16.3. The number of fused-ring (bicyclic) bond motifs is 1. The number of aryl methyl sites for hydroxylation is 6. The Morgan fingerprint density at radius 2 is 0.941 bits per heavy atom. The number of nitrogens with zero attached hydrogens (tertiary/aromatic N) is 1. The minimum Gasteiger partial charge on any atom is -0.224 e. The number of thiophene rings is 5. The first-order valence-electron chi connectivity index (χ1n) is 11.0. The average Bonchev–Trinajstić information content (AvgIpc) is 3.56. The van der Waals surface area contributed by atoms with Crippen molar-refractivity contribution < 1.29 is 0 Å². The van der Waals surface area contributed by atoms with Crippen molar-refractivity contribution in [2.24, 2.45) is 0 Å². The van der Waals surface area contributed by atoms with Crippen molar-refractivity contribution in [3.8, 4) is 39.1 Å². The summed E-state index contributed by atoms with van der Waals surface area (Å²) in [5.41, 5.74) is 5.44. The van der Waals surface area contributed by atoms with Crippen molar-refractivity contribution in [2.75, 3.05) is 0 Å². The van der Waals surface area contributed by atoms with Crippen LogP contribution in [-0.4, -0.2) is 4.98 Å². The summed E-state index contributed by atoms with van der Waals surface area (Å²) < 4.78 is 1.30. The van der Waals surface area contributed by atoms with Gasteiger partial charge in [-0.15, -0.1) is 68.0 Å². The van der Waals surface area contributed by atoms with Crippen LogP contribution in [0.3, 0.4) is 0 Å². The first-order valence-corrected chi connectivity index (χ1v) is 15.9. The Bertz CT molecular complexity index is 1520. The fraction of sp³-hybridized carbons (Fsp3) is 0.222. The molecule has 0 saturated carbocycles. The zero-order chi connectivity index (χ0) is 23.7. The molecule has 6 heterocycles. The van der Waals surface area contributed by atoms with E-state index < -0.39 is 0 Å². The molecule has 0 fully saturated rings. The van der Waals surface area contributed by atoms with Crippen LogP contribution in [0.1, 0.15) is 32.0 Å². The SMILES string of the molecule is Cc1cc(C)c(-c2cc(C)c(-c3cc4sc(-c5sc(-c6sc(C)cc6C)cc5C)nc4s3)s2)s1. The summed E-state index contributed by atoms with van der Waals surface area (Å²) in [5, 5.41) is 1.15. The highest BCUT2D eigenvalue weighted by atomic mass is 32.1. The Morgan fingerprint density at radius 3 is 1.47 bits per heavy atom. The lowest BCUT2D eigenvalue weighted by molar-refractivity contribution is 1.48. The summed E-state index contributed by atoms with van der Waals surface area (Å²) >= 11 is 11.3. The third kappa shape index (κ3) is 3.87. The Kier molecular flexibility index (Phi) is 5.71. The van der Waals surface area contributed by atoms with Crippen LogP contribution in [0.5, 0.6) is 0 Å². The normalized spacial score (nSPS) is 11.8. The predicted molar refractivity (Wildman–Crippen MR) is 159 cm³/mol. The van der Waals surface area contributed by atoms with Crippen molar-refractivity contribution in [3.05, 3.63) is 62.3 Å². The Labute approximate surface area is 224 Å². The molecule has 0 aliphatic carbocycles. The highest BCUT2D eigenvalue weighted by Gasteiger charge is 2.19. The maximum Gasteiger partial charge on any atom is 0.135 e. The van der Waals surface area contributed by atoms with Crippen molar-refractivity contribution >= 4 is 77.6 Å². The fourth-order valence-corrected chi connectivity index (χ4v) is 11.6. The van der Waals surface area contributed by atoms with E-state index in [1.54, 1.807) is 0 Å². The fourth-order valence-electron chi connectivity index (χ4n) is 4.36. The van der Waals surface area contributed by atoms with Crippen LogP contribution in [-0.2, 0) is 0 Å². The molecule has 6 aromatic heterocycles. The molecule has 172 valence electrons. The monoisotopic (exact) mass is 553 g/mol. The minimum absolute atomic E-state index is 1.15. The van der Waals surface area contributed by atoms with Gasteiger partial charge in [0, 0.05) is 39.0 Å². The molecule has 0 bridgehead atoms. The van der Waals surface area contributed by atoms with Crippen molar-refractivity contribution in [1.82, 2.24) is 4.98 Å². The largest absolute Gasteiger partial charge is 0.224 e. The highest BCUT2D eigenvalue weighted by Crippen LogP contribution is 2.48. The van der Waals surface area contributed by atoms with Crippen molar-refractivity contribution in [1.29, 1.82) is 0 Å². The Hall–Kier alpha value is -1.61. The standard InChI is InChI=1S/C27H23NS6/c1-12-7-16(5)29-22(12)18-9-14(3)24(31-18)20-11-21-26(33-20)28-27(34-21)25-15(4)10-19(32-25)23-13(2)8-17(6)30-23/h7-11H,1-6H3. The number of rotatable bonds is 4. The zero-order valence-electron chi connectivity index (χ0n) is 19.8. The second-order valence-corrected chi connectivity index (χ2v) is 15.5. The summed E-state index contributed by atoms with van der Waals surface area (Å²) in [5.74, 6) is 0.